The zero-order chi connectivity index (χ0) is 20.7. The number of hydrogen-bond acceptors (Lipinski definition) is 8. The van der Waals surface area contributed by atoms with Crippen molar-refractivity contribution in [3.8, 4) is 0 Å². The molecule has 3 N–H and O–H groups in total. The van der Waals surface area contributed by atoms with Crippen molar-refractivity contribution < 1.29 is 15.0 Å². The minimum Gasteiger partial charge on any atom is -0.389 e. The lowest BCUT2D eigenvalue weighted by atomic mass is 10.1. The van der Waals surface area contributed by atoms with Crippen molar-refractivity contribution in [2.45, 2.75) is 43.2 Å². The zero-order valence-corrected chi connectivity index (χ0v) is 18.8. The van der Waals surface area contributed by atoms with Gasteiger partial charge in [-0.15, -0.1) is 11.8 Å². The molecule has 8 nitrogen and oxygen atoms in total. The molecule has 0 spiro atoms. The van der Waals surface area contributed by atoms with E-state index in [1.54, 1.807) is 17.8 Å². The van der Waals surface area contributed by atoms with Gasteiger partial charge >= 0.3 is 0 Å². The minimum atomic E-state index is -1.12. The summed E-state index contributed by atoms with van der Waals surface area (Å²) in [7, 11) is 0. The Hall–Kier alpha value is -1.76. The van der Waals surface area contributed by atoms with Crippen LogP contribution in [0.3, 0.4) is 0 Å². The summed E-state index contributed by atoms with van der Waals surface area (Å²) < 4.78 is 2.86. The number of Topliss-reactive ketones (excluding diaryl/α,β-unsaturated/α-hetero) is 1. The smallest absolute Gasteiger partial charge is 0.166 e. The molecule has 4 unspecified atom stereocenters. The lowest BCUT2D eigenvalue weighted by Crippen LogP contribution is -2.34. The Morgan fingerprint density at radius 2 is 2.10 bits per heavy atom. The molecule has 0 radical (unpaired) electrons. The van der Waals surface area contributed by atoms with Gasteiger partial charge in [-0.05, 0) is 54.1 Å². The maximum atomic E-state index is 11.8. The molecule has 1 saturated heterocycles. The van der Waals surface area contributed by atoms with Crippen LogP contribution in [0.4, 0.5) is 5.82 Å². The molecule has 1 aliphatic rings. The van der Waals surface area contributed by atoms with Crippen LogP contribution in [-0.2, 0) is 11.3 Å². The van der Waals surface area contributed by atoms with Crippen LogP contribution in [0.5, 0.6) is 0 Å². The molecule has 29 heavy (non-hydrogen) atoms. The molecule has 2 aromatic heterocycles. The Bertz CT molecular complexity index is 1080. The number of benzene rings is 1. The number of halogens is 1. The average Bonchev–Trinajstić information content (AvgIpc) is 3.21. The Morgan fingerprint density at radius 1 is 1.31 bits per heavy atom. The number of carbonyl (C=O) groups is 1. The molecule has 1 aromatic carbocycles. The number of hydrogen-bond donors (Lipinski definition) is 3. The number of aryl methyl sites for hydroxylation is 1. The molecule has 0 saturated carbocycles. The van der Waals surface area contributed by atoms with E-state index in [1.165, 1.54) is 18.7 Å². The van der Waals surface area contributed by atoms with Gasteiger partial charge in [0.15, 0.2) is 11.5 Å². The lowest BCUT2D eigenvalue weighted by Gasteiger charge is -2.17. The van der Waals surface area contributed by atoms with Crippen LogP contribution in [0.1, 0.15) is 23.7 Å². The monoisotopic (exact) mass is 525 g/mol. The van der Waals surface area contributed by atoms with Crippen LogP contribution in [0.15, 0.2) is 30.6 Å². The third-order valence-electron chi connectivity index (χ3n) is 4.80. The molecule has 1 aliphatic heterocycles. The number of aliphatic hydroxyl groups excluding tert-OH is 2. The largest absolute Gasteiger partial charge is 0.389 e. The van der Waals surface area contributed by atoms with Gasteiger partial charge in [0.1, 0.15) is 34.7 Å². The molecule has 152 valence electrons. The molecule has 0 bridgehead atoms. The third kappa shape index (κ3) is 3.98. The first-order valence-corrected chi connectivity index (χ1v) is 11.1. The van der Waals surface area contributed by atoms with Crippen molar-refractivity contribution in [3.63, 3.8) is 0 Å². The second-order valence-electron chi connectivity index (χ2n) is 6.97. The summed E-state index contributed by atoms with van der Waals surface area (Å²) in [5.41, 5.74) is 2.25. The second-order valence-corrected chi connectivity index (χ2v) is 9.47. The van der Waals surface area contributed by atoms with E-state index in [0.29, 0.717) is 29.4 Å². The fourth-order valence-corrected chi connectivity index (χ4v) is 5.42. The molecular weight excluding hydrogens is 505 g/mol. The number of rotatable bonds is 5. The number of nitrogens with one attached hydrogen (secondary N) is 1. The van der Waals surface area contributed by atoms with E-state index in [-0.39, 0.29) is 5.78 Å². The summed E-state index contributed by atoms with van der Waals surface area (Å²) in [6.07, 6.45) is -0.642. The standard InChI is InChI=1S/C19H20IN5O3S/c1-9(26)16-14(27)15(28)19(29-16)25-8-22-13-17(23-10(2)24-18(13)25)21-7-11-4-3-5-12(20)6-11/h3-6,8,14-16,19,27-28H,7H2,1-2H3,(H,21,23,24). The Morgan fingerprint density at radius 3 is 2.79 bits per heavy atom. The number of aromatic nitrogens is 4. The van der Waals surface area contributed by atoms with Crippen molar-refractivity contribution >= 4 is 57.1 Å². The highest BCUT2D eigenvalue weighted by Gasteiger charge is 2.46. The van der Waals surface area contributed by atoms with E-state index in [2.05, 4.69) is 48.9 Å². The van der Waals surface area contributed by atoms with Gasteiger partial charge < -0.3 is 15.5 Å². The van der Waals surface area contributed by atoms with Gasteiger partial charge in [-0.1, -0.05) is 12.1 Å². The van der Waals surface area contributed by atoms with Crippen LogP contribution >= 0.6 is 34.4 Å². The molecule has 0 aliphatic carbocycles. The number of thioether (sulfide) groups is 1. The van der Waals surface area contributed by atoms with E-state index >= 15 is 0 Å². The molecule has 3 aromatic rings. The fourth-order valence-electron chi connectivity index (χ4n) is 3.39. The van der Waals surface area contributed by atoms with E-state index < -0.39 is 22.8 Å². The Kier molecular flexibility index (Phi) is 5.78. The van der Waals surface area contributed by atoms with Gasteiger partial charge in [0.25, 0.3) is 0 Å². The van der Waals surface area contributed by atoms with Gasteiger partial charge in [0, 0.05) is 10.1 Å². The van der Waals surface area contributed by atoms with E-state index in [4.69, 9.17) is 0 Å². The van der Waals surface area contributed by atoms with E-state index in [9.17, 15) is 15.0 Å². The first-order chi connectivity index (χ1) is 13.8. The number of carbonyl (C=O) groups excluding carboxylic acids is 1. The van der Waals surface area contributed by atoms with Crippen LogP contribution < -0.4 is 5.32 Å². The van der Waals surface area contributed by atoms with Crippen LogP contribution in [0, 0.1) is 10.5 Å². The number of fused-ring (bicyclic) bond motifs is 1. The average molecular weight is 525 g/mol. The number of anilines is 1. The summed E-state index contributed by atoms with van der Waals surface area (Å²) in [5, 5.41) is 22.8. The van der Waals surface area contributed by atoms with Crippen LogP contribution in [0.2, 0.25) is 0 Å². The highest BCUT2D eigenvalue weighted by molar-refractivity contribution is 14.1. The number of imidazole rings is 1. The number of nitrogens with zero attached hydrogens (tertiary/aromatic N) is 4. The van der Waals surface area contributed by atoms with Crippen molar-refractivity contribution in [1.82, 2.24) is 19.5 Å². The molecule has 3 heterocycles. The molecule has 4 atom stereocenters. The van der Waals surface area contributed by atoms with Gasteiger partial charge in [-0.25, -0.2) is 15.0 Å². The van der Waals surface area contributed by atoms with Crippen molar-refractivity contribution in [2.24, 2.45) is 0 Å². The topological polar surface area (TPSA) is 113 Å². The zero-order valence-electron chi connectivity index (χ0n) is 15.8. The molecule has 10 heteroatoms. The first kappa shape index (κ1) is 20.5. The summed E-state index contributed by atoms with van der Waals surface area (Å²) in [6.45, 7) is 3.79. The van der Waals surface area contributed by atoms with Crippen molar-refractivity contribution in [2.75, 3.05) is 5.32 Å². The molecule has 0 amide bonds. The van der Waals surface area contributed by atoms with Crippen LogP contribution in [0.25, 0.3) is 11.2 Å². The molecule has 1 fully saturated rings. The van der Waals surface area contributed by atoms with E-state index in [1.807, 2.05) is 18.2 Å². The van der Waals surface area contributed by atoms with Gasteiger partial charge in [0.05, 0.1) is 11.6 Å². The van der Waals surface area contributed by atoms with Gasteiger partial charge in [0.2, 0.25) is 0 Å². The highest BCUT2D eigenvalue weighted by Crippen LogP contribution is 2.43. The predicted octanol–water partition coefficient (Wildman–Crippen LogP) is 2.28. The van der Waals surface area contributed by atoms with Crippen LogP contribution in [-0.4, -0.2) is 53.0 Å². The maximum absolute atomic E-state index is 11.8. The molecular formula is C19H20IN5O3S. The first-order valence-electron chi connectivity index (χ1n) is 9.06. The van der Waals surface area contributed by atoms with Gasteiger partial charge in [-0.3, -0.25) is 9.36 Å². The highest BCUT2D eigenvalue weighted by atomic mass is 127. The SMILES string of the molecule is CC(=O)C1SC(n2cnc3c(NCc4cccc(I)c4)nc(C)nc32)C(O)C1O. The number of aliphatic hydroxyl groups is 2. The Labute approximate surface area is 185 Å². The second kappa shape index (κ2) is 8.17. The fraction of sp³-hybridized carbons (Fsp3) is 0.368. The van der Waals surface area contributed by atoms with Crippen molar-refractivity contribution in [1.29, 1.82) is 0 Å². The quantitative estimate of drug-likeness (QED) is 0.435. The molecule has 4 rings (SSSR count). The number of ketones is 1. The summed E-state index contributed by atoms with van der Waals surface area (Å²) in [5.74, 6) is 0.996. The third-order valence-corrected chi connectivity index (χ3v) is 7.16. The van der Waals surface area contributed by atoms with Crippen molar-refractivity contribution in [3.05, 3.63) is 45.6 Å². The van der Waals surface area contributed by atoms with Gasteiger partial charge in [-0.2, -0.15) is 0 Å². The maximum Gasteiger partial charge on any atom is 0.166 e. The summed E-state index contributed by atoms with van der Waals surface area (Å²) >= 11 is 3.50. The lowest BCUT2D eigenvalue weighted by molar-refractivity contribution is -0.119. The Balaban J connectivity index is 1.66. The minimum absolute atomic E-state index is 0.167. The summed E-state index contributed by atoms with van der Waals surface area (Å²) in [4.78, 5) is 25.2. The summed E-state index contributed by atoms with van der Waals surface area (Å²) in [6, 6.07) is 8.16. The van der Waals surface area contributed by atoms with E-state index in [0.717, 1.165) is 9.13 Å². The predicted molar refractivity (Wildman–Crippen MR) is 120 cm³/mol. The normalized spacial score (nSPS) is 24.2.